The largest absolute Gasteiger partial charge is 0.354 e. The van der Waals surface area contributed by atoms with Crippen LogP contribution in [0.1, 0.15) is 12.8 Å². The zero-order chi connectivity index (χ0) is 20.8. The van der Waals surface area contributed by atoms with E-state index >= 15 is 0 Å². The Balaban J connectivity index is 1.69. The highest BCUT2D eigenvalue weighted by atomic mass is 16.2. The molecule has 3 rings (SSSR count). The Morgan fingerprint density at radius 1 is 1.17 bits per heavy atom. The van der Waals surface area contributed by atoms with Crippen molar-refractivity contribution in [2.24, 2.45) is 5.73 Å². The highest BCUT2D eigenvalue weighted by Gasteiger charge is 2.38. The van der Waals surface area contributed by atoms with Gasteiger partial charge in [-0.1, -0.05) is 18.2 Å². The number of carbonyl (C=O) groups excluding carboxylic acids is 4. The van der Waals surface area contributed by atoms with Crippen LogP contribution in [0.25, 0.3) is 0 Å². The van der Waals surface area contributed by atoms with Crippen LogP contribution in [0, 0.1) is 0 Å². The second-order valence-corrected chi connectivity index (χ2v) is 7.04. The molecule has 2 saturated heterocycles. The molecule has 5 amide bonds. The summed E-state index contributed by atoms with van der Waals surface area (Å²) in [4.78, 5) is 52.5. The van der Waals surface area contributed by atoms with Crippen molar-refractivity contribution < 1.29 is 19.2 Å². The SMILES string of the molecule is NCC(=O)N1CCN(C(=O)Nc2ccccc2)C[C@@H]1C(=O)N[C@H]1CCCNC1=O. The van der Waals surface area contributed by atoms with Crippen molar-refractivity contribution in [1.29, 1.82) is 0 Å². The molecule has 0 bridgehead atoms. The van der Waals surface area contributed by atoms with Crippen LogP contribution in [0.4, 0.5) is 10.5 Å². The standard InChI is InChI=1S/C19H26N6O4/c20-11-16(26)25-10-9-24(19(29)22-13-5-2-1-3-6-13)12-15(25)18(28)23-14-7-4-8-21-17(14)27/h1-3,5-6,14-15H,4,7-12,20H2,(H,21,27)(H,22,29)(H,23,28)/t14-,15+/m0/s1. The number of para-hydroxylation sites is 1. The Morgan fingerprint density at radius 3 is 2.62 bits per heavy atom. The summed E-state index contributed by atoms with van der Waals surface area (Å²) in [5.41, 5.74) is 6.13. The smallest absolute Gasteiger partial charge is 0.321 e. The fraction of sp³-hybridized carbons (Fsp3) is 0.474. The number of amides is 5. The molecule has 0 aliphatic carbocycles. The highest BCUT2D eigenvalue weighted by Crippen LogP contribution is 2.14. The number of rotatable bonds is 4. The predicted octanol–water partition coefficient (Wildman–Crippen LogP) is -0.915. The van der Waals surface area contributed by atoms with E-state index in [1.807, 2.05) is 6.07 Å². The molecule has 0 radical (unpaired) electrons. The third kappa shape index (κ3) is 5.02. The van der Waals surface area contributed by atoms with Crippen LogP contribution in [0.3, 0.4) is 0 Å². The van der Waals surface area contributed by atoms with Crippen LogP contribution in [-0.2, 0) is 14.4 Å². The Labute approximate surface area is 168 Å². The van der Waals surface area contributed by atoms with Gasteiger partial charge in [0.05, 0.1) is 13.1 Å². The number of benzene rings is 1. The Morgan fingerprint density at radius 2 is 1.93 bits per heavy atom. The molecule has 10 nitrogen and oxygen atoms in total. The minimum atomic E-state index is -0.906. The molecular formula is C19H26N6O4. The number of urea groups is 1. The van der Waals surface area contributed by atoms with Crippen molar-refractivity contribution in [3.63, 3.8) is 0 Å². The number of carbonyl (C=O) groups is 4. The van der Waals surface area contributed by atoms with E-state index < -0.39 is 18.0 Å². The van der Waals surface area contributed by atoms with Gasteiger partial charge in [0.25, 0.3) is 0 Å². The first kappa shape index (κ1) is 20.6. The Kier molecular flexibility index (Phi) is 6.65. The van der Waals surface area contributed by atoms with Crippen LogP contribution in [-0.4, -0.2) is 78.4 Å². The minimum absolute atomic E-state index is 0.0184. The molecule has 0 saturated carbocycles. The fourth-order valence-electron chi connectivity index (χ4n) is 3.51. The summed E-state index contributed by atoms with van der Waals surface area (Å²) in [6, 6.07) is 7.07. The molecule has 156 valence electrons. The van der Waals surface area contributed by atoms with Crippen LogP contribution >= 0.6 is 0 Å². The fourth-order valence-corrected chi connectivity index (χ4v) is 3.51. The van der Waals surface area contributed by atoms with Crippen molar-refractivity contribution in [2.45, 2.75) is 24.9 Å². The quantitative estimate of drug-likeness (QED) is 0.517. The third-order valence-corrected chi connectivity index (χ3v) is 5.09. The van der Waals surface area contributed by atoms with E-state index in [1.54, 1.807) is 24.3 Å². The molecule has 1 aromatic rings. The van der Waals surface area contributed by atoms with E-state index in [9.17, 15) is 19.2 Å². The first-order valence-corrected chi connectivity index (χ1v) is 9.68. The molecule has 10 heteroatoms. The summed E-state index contributed by atoms with van der Waals surface area (Å²) in [5.74, 6) is -1.08. The molecule has 2 atom stereocenters. The zero-order valence-corrected chi connectivity index (χ0v) is 16.1. The third-order valence-electron chi connectivity index (χ3n) is 5.09. The van der Waals surface area contributed by atoms with Gasteiger partial charge in [-0.25, -0.2) is 4.79 Å². The van der Waals surface area contributed by atoms with Gasteiger partial charge in [-0.2, -0.15) is 0 Å². The molecule has 0 unspecified atom stereocenters. The van der Waals surface area contributed by atoms with Crippen molar-refractivity contribution in [3.05, 3.63) is 30.3 Å². The second kappa shape index (κ2) is 9.37. The number of anilines is 1. The van der Waals surface area contributed by atoms with Crippen molar-refractivity contribution in [2.75, 3.05) is 38.0 Å². The van der Waals surface area contributed by atoms with Gasteiger partial charge < -0.3 is 31.5 Å². The maximum Gasteiger partial charge on any atom is 0.321 e. The number of hydrogen-bond acceptors (Lipinski definition) is 5. The van der Waals surface area contributed by atoms with Gasteiger partial charge in [-0.3, -0.25) is 14.4 Å². The molecular weight excluding hydrogens is 376 g/mol. The van der Waals surface area contributed by atoms with Crippen LogP contribution < -0.4 is 21.7 Å². The molecule has 29 heavy (non-hydrogen) atoms. The van der Waals surface area contributed by atoms with Crippen LogP contribution in [0.5, 0.6) is 0 Å². The lowest BCUT2D eigenvalue weighted by molar-refractivity contribution is -0.143. The lowest BCUT2D eigenvalue weighted by Gasteiger charge is -2.40. The van der Waals surface area contributed by atoms with E-state index in [-0.39, 0.29) is 44.0 Å². The lowest BCUT2D eigenvalue weighted by atomic mass is 10.1. The van der Waals surface area contributed by atoms with Crippen molar-refractivity contribution in [1.82, 2.24) is 20.4 Å². The van der Waals surface area contributed by atoms with E-state index in [4.69, 9.17) is 5.73 Å². The van der Waals surface area contributed by atoms with E-state index in [2.05, 4.69) is 16.0 Å². The summed E-state index contributed by atoms with van der Waals surface area (Å²) >= 11 is 0. The van der Waals surface area contributed by atoms with Gasteiger partial charge in [-0.15, -0.1) is 0 Å². The number of piperidine rings is 1. The number of nitrogens with zero attached hydrogens (tertiary/aromatic N) is 2. The number of piperazine rings is 1. The normalized spacial score (nSPS) is 21.9. The summed E-state index contributed by atoms with van der Waals surface area (Å²) < 4.78 is 0. The zero-order valence-electron chi connectivity index (χ0n) is 16.1. The van der Waals surface area contributed by atoms with Crippen LogP contribution in [0.2, 0.25) is 0 Å². The van der Waals surface area contributed by atoms with Gasteiger partial charge in [0, 0.05) is 25.3 Å². The molecule has 5 N–H and O–H groups in total. The Hall–Kier alpha value is -3.14. The topological polar surface area (TPSA) is 137 Å². The molecule has 0 spiro atoms. The van der Waals surface area contributed by atoms with Gasteiger partial charge in [0.1, 0.15) is 12.1 Å². The molecule has 2 heterocycles. The van der Waals surface area contributed by atoms with E-state index in [1.165, 1.54) is 9.80 Å². The van der Waals surface area contributed by atoms with Crippen molar-refractivity contribution in [3.8, 4) is 0 Å². The summed E-state index contributed by atoms with van der Waals surface area (Å²) in [6.07, 6.45) is 1.30. The van der Waals surface area contributed by atoms with Crippen LogP contribution in [0.15, 0.2) is 30.3 Å². The maximum absolute atomic E-state index is 12.9. The number of nitrogens with two attached hydrogens (primary N) is 1. The summed E-state index contributed by atoms with van der Waals surface area (Å²) in [7, 11) is 0. The number of nitrogens with one attached hydrogen (secondary N) is 3. The first-order valence-electron chi connectivity index (χ1n) is 9.68. The molecule has 2 aliphatic rings. The minimum Gasteiger partial charge on any atom is -0.354 e. The highest BCUT2D eigenvalue weighted by molar-refractivity contribution is 5.94. The Bertz CT molecular complexity index is 771. The molecule has 2 fully saturated rings. The molecule has 0 aromatic heterocycles. The van der Waals surface area contributed by atoms with E-state index in [0.29, 0.717) is 18.7 Å². The maximum atomic E-state index is 12.9. The van der Waals surface area contributed by atoms with Gasteiger partial charge >= 0.3 is 6.03 Å². The summed E-state index contributed by atoms with van der Waals surface area (Å²) in [6.45, 7) is 0.833. The molecule has 1 aromatic carbocycles. The average molecular weight is 402 g/mol. The lowest BCUT2D eigenvalue weighted by Crippen LogP contribution is -2.64. The van der Waals surface area contributed by atoms with Crippen molar-refractivity contribution >= 4 is 29.4 Å². The average Bonchev–Trinajstić information content (AvgIpc) is 2.75. The second-order valence-electron chi connectivity index (χ2n) is 7.04. The predicted molar refractivity (Wildman–Crippen MR) is 106 cm³/mol. The first-order chi connectivity index (χ1) is 14.0. The number of hydrogen-bond donors (Lipinski definition) is 4. The molecule has 2 aliphatic heterocycles. The monoisotopic (exact) mass is 402 g/mol. The van der Waals surface area contributed by atoms with Gasteiger partial charge in [-0.05, 0) is 25.0 Å². The van der Waals surface area contributed by atoms with E-state index in [0.717, 1.165) is 6.42 Å². The van der Waals surface area contributed by atoms with Gasteiger partial charge in [0.2, 0.25) is 17.7 Å². The van der Waals surface area contributed by atoms with Gasteiger partial charge in [0.15, 0.2) is 0 Å². The summed E-state index contributed by atoms with van der Waals surface area (Å²) in [5, 5.41) is 8.20.